The Kier molecular flexibility index (Phi) is 2.81. The van der Waals surface area contributed by atoms with Gasteiger partial charge in [0.2, 0.25) is 0 Å². The average Bonchev–Trinajstić information content (AvgIpc) is 3.09. The molecular formula is C11H8N4S2. The predicted octanol–water partition coefficient (Wildman–Crippen LogP) is 2.96. The van der Waals surface area contributed by atoms with Crippen LogP contribution in [0.3, 0.4) is 0 Å². The van der Waals surface area contributed by atoms with E-state index in [1.54, 1.807) is 27.4 Å². The molecule has 6 heteroatoms. The minimum atomic E-state index is 0.737. The molecule has 84 valence electrons. The highest BCUT2D eigenvalue weighted by atomic mass is 32.1. The molecule has 0 spiro atoms. The molecular weight excluding hydrogens is 252 g/mol. The SMILES string of the molecule is C(=C\c1nnnn1-c1cccs1)/c1cccs1. The summed E-state index contributed by atoms with van der Waals surface area (Å²) in [5.74, 6) is 0.737. The molecule has 4 nitrogen and oxygen atoms in total. The molecule has 0 aliphatic heterocycles. The molecule has 0 fully saturated rings. The van der Waals surface area contributed by atoms with Crippen LogP contribution in [0.15, 0.2) is 35.0 Å². The summed E-state index contributed by atoms with van der Waals surface area (Å²) in [6, 6.07) is 8.05. The quantitative estimate of drug-likeness (QED) is 0.727. The Morgan fingerprint density at radius 3 is 2.71 bits per heavy atom. The average molecular weight is 260 g/mol. The molecule has 0 aliphatic rings. The van der Waals surface area contributed by atoms with Gasteiger partial charge in [-0.15, -0.1) is 27.8 Å². The van der Waals surface area contributed by atoms with E-state index < -0.39 is 0 Å². The maximum Gasteiger partial charge on any atom is 0.180 e. The first-order chi connectivity index (χ1) is 8.43. The summed E-state index contributed by atoms with van der Waals surface area (Å²) in [6.45, 7) is 0. The van der Waals surface area contributed by atoms with Gasteiger partial charge in [-0.05, 0) is 51.5 Å². The van der Waals surface area contributed by atoms with Crippen LogP contribution in [0.1, 0.15) is 10.7 Å². The largest absolute Gasteiger partial charge is 0.183 e. The van der Waals surface area contributed by atoms with Crippen LogP contribution in [0.25, 0.3) is 17.2 Å². The van der Waals surface area contributed by atoms with Gasteiger partial charge in [0.15, 0.2) is 5.82 Å². The van der Waals surface area contributed by atoms with Crippen molar-refractivity contribution in [2.45, 2.75) is 0 Å². The number of aromatic nitrogens is 4. The van der Waals surface area contributed by atoms with Gasteiger partial charge in [0.1, 0.15) is 5.00 Å². The van der Waals surface area contributed by atoms with Crippen molar-refractivity contribution >= 4 is 34.8 Å². The zero-order valence-electron chi connectivity index (χ0n) is 8.72. The fourth-order valence-corrected chi connectivity index (χ4v) is 2.69. The van der Waals surface area contributed by atoms with Crippen LogP contribution in [0, 0.1) is 0 Å². The highest BCUT2D eigenvalue weighted by Gasteiger charge is 2.05. The molecule has 3 heterocycles. The summed E-state index contributed by atoms with van der Waals surface area (Å²) in [5.41, 5.74) is 0. The van der Waals surface area contributed by atoms with E-state index in [1.807, 2.05) is 41.1 Å². The van der Waals surface area contributed by atoms with E-state index in [4.69, 9.17) is 0 Å². The standard InChI is InChI=1S/C11H8N4S2/c1-3-9(16-7-1)5-6-10-12-13-14-15(10)11-4-2-8-17-11/h1-8H/b6-5+. The molecule has 0 unspecified atom stereocenters. The molecule has 0 aliphatic carbocycles. The van der Waals surface area contributed by atoms with Crippen molar-refractivity contribution in [3.63, 3.8) is 0 Å². The number of hydrogen-bond donors (Lipinski definition) is 0. The van der Waals surface area contributed by atoms with Crippen LogP contribution in [0.4, 0.5) is 0 Å². The Morgan fingerprint density at radius 1 is 1.06 bits per heavy atom. The molecule has 0 saturated carbocycles. The van der Waals surface area contributed by atoms with Crippen LogP contribution in [0.2, 0.25) is 0 Å². The highest BCUT2D eigenvalue weighted by molar-refractivity contribution is 7.12. The highest BCUT2D eigenvalue weighted by Crippen LogP contribution is 2.17. The zero-order chi connectivity index (χ0) is 11.5. The van der Waals surface area contributed by atoms with E-state index in [9.17, 15) is 0 Å². The van der Waals surface area contributed by atoms with Crippen LogP contribution < -0.4 is 0 Å². The number of thiophene rings is 2. The van der Waals surface area contributed by atoms with Gasteiger partial charge in [-0.2, -0.15) is 4.68 Å². The molecule has 0 radical (unpaired) electrons. The molecule has 3 rings (SSSR count). The van der Waals surface area contributed by atoms with E-state index in [0.29, 0.717) is 0 Å². The first-order valence-corrected chi connectivity index (χ1v) is 6.73. The number of rotatable bonds is 3. The summed E-state index contributed by atoms with van der Waals surface area (Å²) >= 11 is 3.29. The topological polar surface area (TPSA) is 43.6 Å². The third-order valence-electron chi connectivity index (χ3n) is 2.15. The molecule has 3 aromatic heterocycles. The molecule has 0 bridgehead atoms. The fraction of sp³-hybridized carbons (Fsp3) is 0. The van der Waals surface area contributed by atoms with Crippen molar-refractivity contribution < 1.29 is 0 Å². The van der Waals surface area contributed by atoms with E-state index in [-0.39, 0.29) is 0 Å². The summed E-state index contributed by atoms with van der Waals surface area (Å²) in [4.78, 5) is 1.19. The van der Waals surface area contributed by atoms with Gasteiger partial charge < -0.3 is 0 Å². The fourth-order valence-electron chi connectivity index (χ4n) is 1.39. The second-order valence-corrected chi connectivity index (χ2v) is 5.15. The Balaban J connectivity index is 1.92. The van der Waals surface area contributed by atoms with E-state index >= 15 is 0 Å². The Labute approximate surface area is 106 Å². The van der Waals surface area contributed by atoms with Crippen LogP contribution >= 0.6 is 22.7 Å². The van der Waals surface area contributed by atoms with Crippen molar-refractivity contribution in [2.75, 3.05) is 0 Å². The van der Waals surface area contributed by atoms with Crippen molar-refractivity contribution in [3.8, 4) is 5.00 Å². The van der Waals surface area contributed by atoms with E-state index in [0.717, 1.165) is 10.8 Å². The summed E-state index contributed by atoms with van der Waals surface area (Å²) in [6.07, 6.45) is 3.94. The minimum absolute atomic E-state index is 0.737. The van der Waals surface area contributed by atoms with Crippen molar-refractivity contribution in [2.24, 2.45) is 0 Å². The maximum absolute atomic E-state index is 4.00. The monoisotopic (exact) mass is 260 g/mol. The first-order valence-electron chi connectivity index (χ1n) is 4.97. The van der Waals surface area contributed by atoms with Crippen LogP contribution in [0.5, 0.6) is 0 Å². The van der Waals surface area contributed by atoms with Gasteiger partial charge in [0.25, 0.3) is 0 Å². The molecule has 0 atom stereocenters. The van der Waals surface area contributed by atoms with Gasteiger partial charge in [-0.3, -0.25) is 0 Å². The van der Waals surface area contributed by atoms with Crippen molar-refractivity contribution in [1.82, 2.24) is 20.2 Å². The maximum atomic E-state index is 4.00. The lowest BCUT2D eigenvalue weighted by molar-refractivity contribution is 0.796. The van der Waals surface area contributed by atoms with Crippen LogP contribution in [-0.2, 0) is 0 Å². The van der Waals surface area contributed by atoms with Gasteiger partial charge in [0.05, 0.1) is 0 Å². The van der Waals surface area contributed by atoms with Gasteiger partial charge in [-0.1, -0.05) is 6.07 Å². The van der Waals surface area contributed by atoms with Crippen LogP contribution in [-0.4, -0.2) is 20.2 Å². The predicted molar refractivity (Wildman–Crippen MR) is 70.3 cm³/mol. The van der Waals surface area contributed by atoms with E-state index in [1.165, 1.54) is 4.88 Å². The third-order valence-corrected chi connectivity index (χ3v) is 3.83. The second kappa shape index (κ2) is 4.60. The first kappa shape index (κ1) is 10.4. The summed E-state index contributed by atoms with van der Waals surface area (Å²) < 4.78 is 1.73. The molecule has 17 heavy (non-hydrogen) atoms. The lowest BCUT2D eigenvalue weighted by atomic mass is 10.4. The third kappa shape index (κ3) is 2.17. The van der Waals surface area contributed by atoms with Gasteiger partial charge >= 0.3 is 0 Å². The molecule has 0 saturated heterocycles. The second-order valence-electron chi connectivity index (χ2n) is 3.25. The zero-order valence-corrected chi connectivity index (χ0v) is 10.4. The molecule has 0 aromatic carbocycles. The van der Waals surface area contributed by atoms with Gasteiger partial charge in [0, 0.05) is 4.88 Å². The lowest BCUT2D eigenvalue weighted by Gasteiger charge is -1.95. The number of tetrazole rings is 1. The van der Waals surface area contributed by atoms with E-state index in [2.05, 4.69) is 21.6 Å². The van der Waals surface area contributed by atoms with Gasteiger partial charge in [-0.25, -0.2) is 0 Å². The number of hydrogen-bond acceptors (Lipinski definition) is 5. The molecule has 0 amide bonds. The summed E-state index contributed by atoms with van der Waals surface area (Å²) in [5, 5.41) is 16.7. The number of nitrogens with zero attached hydrogens (tertiary/aromatic N) is 4. The minimum Gasteiger partial charge on any atom is -0.183 e. The van der Waals surface area contributed by atoms with Crippen molar-refractivity contribution in [1.29, 1.82) is 0 Å². The molecule has 0 N–H and O–H groups in total. The Morgan fingerprint density at radius 2 is 1.94 bits per heavy atom. The normalized spacial score (nSPS) is 11.3. The Bertz CT molecular complexity index is 608. The molecule has 3 aromatic rings. The smallest absolute Gasteiger partial charge is 0.180 e. The Hall–Kier alpha value is -1.79. The van der Waals surface area contributed by atoms with Crippen molar-refractivity contribution in [3.05, 3.63) is 45.7 Å². The summed E-state index contributed by atoms with van der Waals surface area (Å²) in [7, 11) is 0. The lowest BCUT2D eigenvalue weighted by Crippen LogP contribution is -1.96.